The van der Waals surface area contributed by atoms with Crippen LogP contribution in [0.25, 0.3) is 0 Å². The maximum atomic E-state index is 12.3. The van der Waals surface area contributed by atoms with Crippen molar-refractivity contribution in [2.24, 2.45) is 0 Å². The molecule has 4 heteroatoms. The molecule has 0 heterocycles. The Morgan fingerprint density at radius 2 is 1.71 bits per heavy atom. The van der Waals surface area contributed by atoms with Crippen LogP contribution < -0.4 is 10.2 Å². The molecule has 0 aliphatic rings. The summed E-state index contributed by atoms with van der Waals surface area (Å²) in [5.74, 6) is -0.305. The number of nitrogens with zero attached hydrogens (tertiary/aromatic N) is 1. The van der Waals surface area contributed by atoms with E-state index in [1.807, 2.05) is 37.2 Å². The molecule has 1 amide bonds. The number of para-hydroxylation sites is 1. The predicted molar refractivity (Wildman–Crippen MR) is 85.2 cm³/mol. The van der Waals surface area contributed by atoms with E-state index >= 15 is 0 Å². The van der Waals surface area contributed by atoms with Gasteiger partial charge in [-0.25, -0.2) is 0 Å². The van der Waals surface area contributed by atoms with Gasteiger partial charge in [-0.3, -0.25) is 9.59 Å². The van der Waals surface area contributed by atoms with Gasteiger partial charge in [0.05, 0.1) is 5.69 Å². The second-order valence-corrected chi connectivity index (χ2v) is 5.00. The normalized spacial score (nSPS) is 10.0. The third kappa shape index (κ3) is 3.48. The van der Waals surface area contributed by atoms with Gasteiger partial charge >= 0.3 is 0 Å². The maximum Gasteiger partial charge on any atom is 0.255 e. The van der Waals surface area contributed by atoms with Crippen LogP contribution in [-0.2, 0) is 0 Å². The molecule has 0 fully saturated rings. The van der Waals surface area contributed by atoms with E-state index in [1.54, 1.807) is 30.3 Å². The molecule has 0 unspecified atom stereocenters. The average molecular weight is 282 g/mol. The molecule has 2 aromatic rings. The fourth-order valence-corrected chi connectivity index (χ4v) is 2.02. The highest BCUT2D eigenvalue weighted by Gasteiger charge is 2.11. The molecule has 0 spiro atoms. The summed E-state index contributed by atoms with van der Waals surface area (Å²) in [5.41, 5.74) is 2.54. The summed E-state index contributed by atoms with van der Waals surface area (Å²) in [7, 11) is 3.84. The first-order valence-corrected chi connectivity index (χ1v) is 6.67. The van der Waals surface area contributed by atoms with Crippen LogP contribution in [-0.4, -0.2) is 25.8 Å². The number of hydrogen-bond donors (Lipinski definition) is 1. The molecule has 0 atom stereocenters. The molecule has 4 nitrogen and oxygen atoms in total. The molecule has 0 radical (unpaired) electrons. The van der Waals surface area contributed by atoms with Crippen molar-refractivity contribution in [1.29, 1.82) is 0 Å². The summed E-state index contributed by atoms with van der Waals surface area (Å²) < 4.78 is 0. The number of carbonyl (C=O) groups excluding carboxylic acids is 2. The second-order valence-electron chi connectivity index (χ2n) is 5.00. The number of anilines is 2. The molecular weight excluding hydrogens is 264 g/mol. The van der Waals surface area contributed by atoms with Gasteiger partial charge < -0.3 is 10.2 Å². The zero-order valence-corrected chi connectivity index (χ0v) is 12.4. The molecule has 1 N–H and O–H groups in total. The van der Waals surface area contributed by atoms with Gasteiger partial charge in [0.1, 0.15) is 0 Å². The van der Waals surface area contributed by atoms with Crippen molar-refractivity contribution in [2.75, 3.05) is 24.3 Å². The molecular formula is C17H18N2O2. The lowest BCUT2D eigenvalue weighted by molar-refractivity contribution is 0.101. The van der Waals surface area contributed by atoms with Crippen molar-refractivity contribution in [3.8, 4) is 0 Å². The molecule has 108 valence electrons. The van der Waals surface area contributed by atoms with E-state index in [-0.39, 0.29) is 11.7 Å². The second kappa shape index (κ2) is 6.22. The Kier molecular flexibility index (Phi) is 4.38. The Labute approximate surface area is 124 Å². The third-order valence-electron chi connectivity index (χ3n) is 3.18. The van der Waals surface area contributed by atoms with E-state index in [9.17, 15) is 9.59 Å². The summed E-state index contributed by atoms with van der Waals surface area (Å²) >= 11 is 0. The number of benzene rings is 2. The first kappa shape index (κ1) is 14.8. The van der Waals surface area contributed by atoms with Crippen LogP contribution in [0.2, 0.25) is 0 Å². The number of rotatable bonds is 4. The molecule has 0 bridgehead atoms. The Balaban J connectivity index is 2.26. The number of Topliss-reactive ketones (excluding diaryl/α,β-unsaturated/α-hetero) is 1. The zero-order chi connectivity index (χ0) is 15.4. The number of nitrogens with one attached hydrogen (secondary N) is 1. The molecule has 0 aromatic heterocycles. The smallest absolute Gasteiger partial charge is 0.255 e. The zero-order valence-electron chi connectivity index (χ0n) is 12.4. The van der Waals surface area contributed by atoms with Crippen LogP contribution >= 0.6 is 0 Å². The van der Waals surface area contributed by atoms with Gasteiger partial charge in [0.15, 0.2) is 5.78 Å². The minimum absolute atomic E-state index is 0.0760. The van der Waals surface area contributed by atoms with Gasteiger partial charge in [0, 0.05) is 30.9 Å². The minimum atomic E-state index is -0.229. The lowest BCUT2D eigenvalue weighted by Gasteiger charge is -2.14. The van der Waals surface area contributed by atoms with Crippen molar-refractivity contribution in [2.45, 2.75) is 6.92 Å². The molecule has 0 saturated heterocycles. The standard InChI is InChI=1S/C17H18N2O2/c1-12(20)15-9-4-5-10-16(15)18-17(21)13-7-6-8-14(11-13)19(2)3/h4-11H,1-3H3,(H,18,21). The highest BCUT2D eigenvalue weighted by atomic mass is 16.1. The van der Waals surface area contributed by atoms with Crippen LogP contribution in [0.15, 0.2) is 48.5 Å². The monoisotopic (exact) mass is 282 g/mol. The Bertz CT molecular complexity index is 678. The first-order chi connectivity index (χ1) is 9.99. The van der Waals surface area contributed by atoms with Crippen LogP contribution in [0.1, 0.15) is 27.6 Å². The van der Waals surface area contributed by atoms with E-state index in [2.05, 4.69) is 5.32 Å². The van der Waals surface area contributed by atoms with Crippen molar-refractivity contribution in [3.63, 3.8) is 0 Å². The molecule has 2 aromatic carbocycles. The number of carbonyl (C=O) groups is 2. The minimum Gasteiger partial charge on any atom is -0.378 e. The Morgan fingerprint density at radius 1 is 1.00 bits per heavy atom. The van der Waals surface area contributed by atoms with E-state index in [4.69, 9.17) is 0 Å². The van der Waals surface area contributed by atoms with E-state index in [1.165, 1.54) is 6.92 Å². The topological polar surface area (TPSA) is 49.4 Å². The third-order valence-corrected chi connectivity index (χ3v) is 3.18. The van der Waals surface area contributed by atoms with Gasteiger partial charge in [-0.1, -0.05) is 18.2 Å². The van der Waals surface area contributed by atoms with Crippen molar-refractivity contribution in [3.05, 3.63) is 59.7 Å². The average Bonchev–Trinajstić information content (AvgIpc) is 2.47. The van der Waals surface area contributed by atoms with Crippen molar-refractivity contribution < 1.29 is 9.59 Å². The fourth-order valence-electron chi connectivity index (χ4n) is 2.02. The Morgan fingerprint density at radius 3 is 2.38 bits per heavy atom. The fraction of sp³-hybridized carbons (Fsp3) is 0.176. The van der Waals surface area contributed by atoms with Crippen molar-refractivity contribution in [1.82, 2.24) is 0 Å². The predicted octanol–water partition coefficient (Wildman–Crippen LogP) is 3.21. The van der Waals surface area contributed by atoms with E-state index in [0.29, 0.717) is 16.8 Å². The van der Waals surface area contributed by atoms with Crippen LogP contribution in [0.3, 0.4) is 0 Å². The number of hydrogen-bond acceptors (Lipinski definition) is 3. The van der Waals surface area contributed by atoms with Gasteiger partial charge in [0.25, 0.3) is 5.91 Å². The van der Waals surface area contributed by atoms with Crippen molar-refractivity contribution >= 4 is 23.1 Å². The maximum absolute atomic E-state index is 12.3. The van der Waals surface area contributed by atoms with Crippen LogP contribution in [0, 0.1) is 0 Å². The lowest BCUT2D eigenvalue weighted by Crippen LogP contribution is -2.15. The molecule has 0 saturated carbocycles. The number of amides is 1. The van der Waals surface area contributed by atoms with Gasteiger partial charge in [-0.05, 0) is 37.3 Å². The summed E-state index contributed by atoms with van der Waals surface area (Å²) in [4.78, 5) is 25.8. The quantitative estimate of drug-likeness (QED) is 0.876. The van der Waals surface area contributed by atoms with Gasteiger partial charge in [-0.2, -0.15) is 0 Å². The molecule has 0 aliphatic heterocycles. The highest BCUT2D eigenvalue weighted by molar-refractivity contribution is 6.09. The summed E-state index contributed by atoms with van der Waals surface area (Å²) in [6, 6.07) is 14.3. The SMILES string of the molecule is CC(=O)c1ccccc1NC(=O)c1cccc(N(C)C)c1. The molecule has 21 heavy (non-hydrogen) atoms. The van der Waals surface area contributed by atoms with E-state index in [0.717, 1.165) is 5.69 Å². The highest BCUT2D eigenvalue weighted by Crippen LogP contribution is 2.18. The summed E-state index contributed by atoms with van der Waals surface area (Å²) in [6.45, 7) is 1.48. The molecule has 2 rings (SSSR count). The molecule has 0 aliphatic carbocycles. The van der Waals surface area contributed by atoms with Gasteiger partial charge in [-0.15, -0.1) is 0 Å². The largest absolute Gasteiger partial charge is 0.378 e. The summed E-state index contributed by atoms with van der Waals surface area (Å²) in [5, 5.41) is 2.80. The Hall–Kier alpha value is -2.62. The summed E-state index contributed by atoms with van der Waals surface area (Å²) in [6.07, 6.45) is 0. The van der Waals surface area contributed by atoms with Crippen LogP contribution in [0.5, 0.6) is 0 Å². The van der Waals surface area contributed by atoms with Crippen LogP contribution in [0.4, 0.5) is 11.4 Å². The lowest BCUT2D eigenvalue weighted by atomic mass is 10.1. The first-order valence-electron chi connectivity index (χ1n) is 6.67. The number of ketones is 1. The van der Waals surface area contributed by atoms with E-state index < -0.39 is 0 Å². The van der Waals surface area contributed by atoms with Gasteiger partial charge in [0.2, 0.25) is 0 Å².